The van der Waals surface area contributed by atoms with Crippen LogP contribution in [-0.4, -0.2) is 24.7 Å². The minimum atomic E-state index is 0.459. The molecule has 0 bridgehead atoms. The maximum absolute atomic E-state index is 5.57. The number of nitrogens with zero attached hydrogens (tertiary/aromatic N) is 4. The lowest BCUT2D eigenvalue weighted by atomic mass is 10.4. The lowest BCUT2D eigenvalue weighted by Crippen LogP contribution is -1.92. The van der Waals surface area contributed by atoms with Gasteiger partial charge in [-0.05, 0) is 6.07 Å². The second kappa shape index (κ2) is 3.06. The summed E-state index contributed by atoms with van der Waals surface area (Å²) >= 11 is 0. The van der Waals surface area contributed by atoms with Crippen LogP contribution in [0.25, 0.3) is 22.6 Å². The molecule has 0 aliphatic heterocycles. The van der Waals surface area contributed by atoms with Crippen LogP contribution in [0, 0.1) is 0 Å². The SMILES string of the molecule is Cn1c(-c2cc(N)n[nH]2)nc2ccncc21. The molecule has 0 spiro atoms. The van der Waals surface area contributed by atoms with Crippen molar-refractivity contribution in [2.75, 3.05) is 5.73 Å². The molecule has 0 radical (unpaired) electrons. The molecule has 6 nitrogen and oxygen atoms in total. The van der Waals surface area contributed by atoms with Crippen molar-refractivity contribution in [1.82, 2.24) is 24.7 Å². The van der Waals surface area contributed by atoms with E-state index in [1.54, 1.807) is 18.5 Å². The lowest BCUT2D eigenvalue weighted by Gasteiger charge is -1.97. The van der Waals surface area contributed by atoms with Crippen molar-refractivity contribution in [3.63, 3.8) is 0 Å². The number of pyridine rings is 1. The first-order valence-corrected chi connectivity index (χ1v) is 4.83. The smallest absolute Gasteiger partial charge is 0.159 e. The highest BCUT2D eigenvalue weighted by Crippen LogP contribution is 2.21. The predicted octanol–water partition coefficient (Wildman–Crippen LogP) is 0.941. The number of aryl methyl sites for hydroxylation is 1. The lowest BCUT2D eigenvalue weighted by molar-refractivity contribution is 0.941. The zero-order valence-corrected chi connectivity index (χ0v) is 8.68. The fourth-order valence-electron chi connectivity index (χ4n) is 1.73. The van der Waals surface area contributed by atoms with Gasteiger partial charge >= 0.3 is 0 Å². The van der Waals surface area contributed by atoms with Crippen LogP contribution in [0.1, 0.15) is 0 Å². The van der Waals surface area contributed by atoms with Crippen molar-refractivity contribution in [3.05, 3.63) is 24.5 Å². The highest BCUT2D eigenvalue weighted by molar-refractivity contribution is 5.79. The Bertz CT molecular complexity index is 650. The molecule has 80 valence electrons. The van der Waals surface area contributed by atoms with E-state index >= 15 is 0 Å². The zero-order valence-electron chi connectivity index (χ0n) is 8.68. The molecule has 0 aliphatic carbocycles. The third-order valence-electron chi connectivity index (χ3n) is 2.52. The van der Waals surface area contributed by atoms with E-state index in [0.29, 0.717) is 5.82 Å². The molecule has 6 heteroatoms. The number of anilines is 1. The number of nitrogens with two attached hydrogens (primary N) is 1. The Kier molecular flexibility index (Phi) is 1.70. The molecule has 3 N–H and O–H groups in total. The largest absolute Gasteiger partial charge is 0.382 e. The number of fused-ring (bicyclic) bond motifs is 1. The number of imidazole rings is 1. The Morgan fingerprint density at radius 1 is 1.44 bits per heavy atom. The predicted molar refractivity (Wildman–Crippen MR) is 60.5 cm³/mol. The minimum Gasteiger partial charge on any atom is -0.382 e. The molecule has 0 unspecified atom stereocenters. The maximum atomic E-state index is 5.57. The summed E-state index contributed by atoms with van der Waals surface area (Å²) in [4.78, 5) is 8.57. The summed E-state index contributed by atoms with van der Waals surface area (Å²) in [6.07, 6.45) is 3.51. The van der Waals surface area contributed by atoms with E-state index in [1.165, 1.54) is 0 Å². The van der Waals surface area contributed by atoms with E-state index in [-0.39, 0.29) is 0 Å². The summed E-state index contributed by atoms with van der Waals surface area (Å²) in [5.74, 6) is 1.26. The summed E-state index contributed by atoms with van der Waals surface area (Å²) in [5.41, 5.74) is 8.25. The van der Waals surface area contributed by atoms with E-state index in [9.17, 15) is 0 Å². The minimum absolute atomic E-state index is 0.459. The van der Waals surface area contributed by atoms with Gasteiger partial charge in [0.1, 0.15) is 11.5 Å². The maximum Gasteiger partial charge on any atom is 0.159 e. The van der Waals surface area contributed by atoms with Gasteiger partial charge in [0.15, 0.2) is 5.82 Å². The number of aromatic nitrogens is 5. The van der Waals surface area contributed by atoms with Crippen molar-refractivity contribution in [1.29, 1.82) is 0 Å². The third-order valence-corrected chi connectivity index (χ3v) is 2.52. The van der Waals surface area contributed by atoms with Crippen LogP contribution in [0.15, 0.2) is 24.5 Å². The van der Waals surface area contributed by atoms with E-state index in [2.05, 4.69) is 20.2 Å². The van der Waals surface area contributed by atoms with E-state index in [4.69, 9.17) is 5.73 Å². The van der Waals surface area contributed by atoms with E-state index in [1.807, 2.05) is 17.7 Å². The van der Waals surface area contributed by atoms with Gasteiger partial charge in [-0.1, -0.05) is 0 Å². The van der Waals surface area contributed by atoms with Crippen molar-refractivity contribution in [2.45, 2.75) is 0 Å². The Morgan fingerprint density at radius 2 is 2.31 bits per heavy atom. The summed E-state index contributed by atoms with van der Waals surface area (Å²) in [6.45, 7) is 0. The zero-order chi connectivity index (χ0) is 11.1. The van der Waals surface area contributed by atoms with Crippen molar-refractivity contribution in [2.24, 2.45) is 7.05 Å². The van der Waals surface area contributed by atoms with Gasteiger partial charge in [0.25, 0.3) is 0 Å². The highest BCUT2D eigenvalue weighted by atomic mass is 15.2. The molecule has 3 aromatic rings. The molecule has 3 heterocycles. The average molecular weight is 214 g/mol. The number of aromatic amines is 1. The Hall–Kier alpha value is -2.37. The first kappa shape index (κ1) is 8.90. The normalized spacial score (nSPS) is 11.1. The van der Waals surface area contributed by atoms with Gasteiger partial charge in [-0.25, -0.2) is 4.98 Å². The van der Waals surface area contributed by atoms with Crippen LogP contribution in [0.2, 0.25) is 0 Å². The van der Waals surface area contributed by atoms with E-state index in [0.717, 1.165) is 22.6 Å². The molecular weight excluding hydrogens is 204 g/mol. The van der Waals surface area contributed by atoms with Gasteiger partial charge in [-0.15, -0.1) is 0 Å². The summed E-state index contributed by atoms with van der Waals surface area (Å²) in [6, 6.07) is 3.63. The number of hydrogen-bond acceptors (Lipinski definition) is 4. The fourth-order valence-corrected chi connectivity index (χ4v) is 1.73. The van der Waals surface area contributed by atoms with Crippen molar-refractivity contribution in [3.8, 4) is 11.5 Å². The molecule has 0 aliphatic rings. The highest BCUT2D eigenvalue weighted by Gasteiger charge is 2.11. The van der Waals surface area contributed by atoms with Crippen molar-refractivity contribution >= 4 is 16.9 Å². The van der Waals surface area contributed by atoms with Gasteiger partial charge in [0, 0.05) is 19.3 Å². The van der Waals surface area contributed by atoms with E-state index < -0.39 is 0 Å². The summed E-state index contributed by atoms with van der Waals surface area (Å²) in [7, 11) is 1.93. The monoisotopic (exact) mass is 214 g/mol. The molecule has 0 aromatic carbocycles. The topological polar surface area (TPSA) is 85.4 Å². The first-order valence-electron chi connectivity index (χ1n) is 4.83. The molecule has 0 atom stereocenters. The Morgan fingerprint density at radius 3 is 3.00 bits per heavy atom. The molecule has 16 heavy (non-hydrogen) atoms. The number of H-pyrrole nitrogens is 1. The van der Waals surface area contributed by atoms with Crippen LogP contribution in [0.3, 0.4) is 0 Å². The number of rotatable bonds is 1. The summed E-state index contributed by atoms with van der Waals surface area (Å²) in [5, 5.41) is 6.73. The number of hydrogen-bond donors (Lipinski definition) is 2. The molecule has 3 aromatic heterocycles. The van der Waals surface area contributed by atoms with Crippen LogP contribution in [-0.2, 0) is 7.05 Å². The van der Waals surface area contributed by atoms with Gasteiger partial charge in [-0.2, -0.15) is 5.10 Å². The summed E-state index contributed by atoms with van der Waals surface area (Å²) < 4.78 is 1.95. The van der Waals surface area contributed by atoms with Gasteiger partial charge in [0.05, 0.1) is 17.2 Å². The molecule has 3 rings (SSSR count). The first-order chi connectivity index (χ1) is 7.75. The molecular formula is C10H10N6. The van der Waals surface area contributed by atoms with Crippen LogP contribution in [0.4, 0.5) is 5.82 Å². The molecule has 0 fully saturated rings. The Balaban J connectivity index is 2.28. The van der Waals surface area contributed by atoms with Crippen molar-refractivity contribution < 1.29 is 0 Å². The molecule has 0 saturated carbocycles. The number of nitrogens with one attached hydrogen (secondary N) is 1. The Labute approximate surface area is 91.1 Å². The second-order valence-corrected chi connectivity index (χ2v) is 3.57. The fraction of sp³-hybridized carbons (Fsp3) is 0.100. The third kappa shape index (κ3) is 1.16. The van der Waals surface area contributed by atoms with Gasteiger partial charge < -0.3 is 10.3 Å². The standard InChI is InChI=1S/C10H10N6/c1-16-8-5-12-3-2-6(8)13-10(16)7-4-9(11)15-14-7/h2-5H,1H3,(H3,11,14,15). The van der Waals surface area contributed by atoms with Crippen LogP contribution < -0.4 is 5.73 Å². The van der Waals surface area contributed by atoms with Gasteiger partial charge in [0.2, 0.25) is 0 Å². The van der Waals surface area contributed by atoms with Gasteiger partial charge in [-0.3, -0.25) is 10.1 Å². The van der Waals surface area contributed by atoms with Crippen LogP contribution >= 0.6 is 0 Å². The average Bonchev–Trinajstić information content (AvgIpc) is 2.84. The number of nitrogen functional groups attached to an aromatic ring is 1. The molecule has 0 saturated heterocycles. The quantitative estimate of drug-likeness (QED) is 0.631. The molecule has 0 amide bonds. The van der Waals surface area contributed by atoms with Crippen LogP contribution in [0.5, 0.6) is 0 Å². The second-order valence-electron chi connectivity index (χ2n) is 3.57.